The lowest BCUT2D eigenvalue weighted by Crippen LogP contribution is -2.29. The van der Waals surface area contributed by atoms with E-state index in [1.54, 1.807) is 0 Å². The van der Waals surface area contributed by atoms with Crippen LogP contribution >= 0.6 is 23.5 Å². The van der Waals surface area contributed by atoms with Crippen molar-refractivity contribution in [2.75, 3.05) is 12.4 Å². The molecule has 0 aromatic rings. The Kier molecular flexibility index (Phi) is 16.6. The predicted octanol–water partition coefficient (Wildman–Crippen LogP) is 10.6. The molecule has 1 heterocycles. The molecule has 3 rings (SSSR count). The maximum atomic E-state index is 6.23. The molecule has 2 saturated carbocycles. The SMILES string of the molecule is CCCCCCCCCCCCSC1CCC2N=C(C3CCC(OCCCCCCC)CC3)SC2C1. The third kappa shape index (κ3) is 12.0. The van der Waals surface area contributed by atoms with Crippen molar-refractivity contribution in [3.63, 3.8) is 0 Å². The van der Waals surface area contributed by atoms with Crippen molar-refractivity contribution in [1.82, 2.24) is 0 Å². The average Bonchev–Trinajstić information content (AvgIpc) is 3.33. The molecule has 0 N–H and O–H groups in total. The second-order valence-electron chi connectivity index (χ2n) is 11.9. The third-order valence-corrected chi connectivity index (χ3v) is 11.7. The molecule has 2 aliphatic carbocycles. The van der Waals surface area contributed by atoms with Crippen LogP contribution in [0, 0.1) is 5.92 Å². The number of aliphatic imine (C=N–C) groups is 1. The van der Waals surface area contributed by atoms with Crippen LogP contribution in [-0.2, 0) is 4.74 Å². The highest BCUT2D eigenvalue weighted by molar-refractivity contribution is 8.14. The Bertz CT molecular complexity index is 575. The summed E-state index contributed by atoms with van der Waals surface area (Å²) in [5, 5.41) is 3.22. The van der Waals surface area contributed by atoms with E-state index in [-0.39, 0.29) is 0 Å². The number of rotatable bonds is 20. The van der Waals surface area contributed by atoms with Gasteiger partial charge in [0.1, 0.15) is 0 Å². The maximum Gasteiger partial charge on any atom is 0.0714 e. The fraction of sp³-hybridized carbons (Fsp3) is 0.969. The second-order valence-corrected chi connectivity index (χ2v) is 14.6. The highest BCUT2D eigenvalue weighted by atomic mass is 32.2. The van der Waals surface area contributed by atoms with Gasteiger partial charge in [-0.2, -0.15) is 11.8 Å². The molecular formula is C32H59NOS2. The van der Waals surface area contributed by atoms with Crippen molar-refractivity contribution in [2.45, 2.75) is 178 Å². The Balaban J connectivity index is 1.19. The summed E-state index contributed by atoms with van der Waals surface area (Å²) in [4.78, 5) is 5.29. The summed E-state index contributed by atoms with van der Waals surface area (Å²) in [5.41, 5.74) is 0. The second kappa shape index (κ2) is 19.4. The van der Waals surface area contributed by atoms with Crippen LogP contribution in [-0.4, -0.2) is 40.0 Å². The molecule has 210 valence electrons. The fourth-order valence-electron chi connectivity index (χ4n) is 6.32. The Morgan fingerprint density at radius 3 is 2.00 bits per heavy atom. The van der Waals surface area contributed by atoms with Gasteiger partial charge >= 0.3 is 0 Å². The number of fused-ring (bicyclic) bond motifs is 1. The van der Waals surface area contributed by atoms with Gasteiger partial charge in [-0.1, -0.05) is 97.3 Å². The van der Waals surface area contributed by atoms with Crippen molar-refractivity contribution in [2.24, 2.45) is 10.9 Å². The van der Waals surface area contributed by atoms with Crippen LogP contribution in [0.3, 0.4) is 0 Å². The van der Waals surface area contributed by atoms with Gasteiger partial charge < -0.3 is 4.74 Å². The molecule has 0 aromatic heterocycles. The Morgan fingerprint density at radius 2 is 1.33 bits per heavy atom. The topological polar surface area (TPSA) is 21.6 Å². The zero-order chi connectivity index (χ0) is 25.3. The summed E-state index contributed by atoms with van der Waals surface area (Å²) in [7, 11) is 0. The van der Waals surface area contributed by atoms with Crippen LogP contribution in [0.5, 0.6) is 0 Å². The number of hydrogen-bond donors (Lipinski definition) is 0. The summed E-state index contributed by atoms with van der Waals surface area (Å²) < 4.78 is 6.23. The van der Waals surface area contributed by atoms with Gasteiger partial charge in [0.05, 0.1) is 17.2 Å². The highest BCUT2D eigenvalue weighted by Crippen LogP contribution is 2.44. The minimum Gasteiger partial charge on any atom is -0.378 e. The fourth-order valence-corrected chi connectivity index (χ4v) is 9.41. The maximum absolute atomic E-state index is 6.23. The van der Waals surface area contributed by atoms with E-state index in [0.29, 0.717) is 12.1 Å². The molecule has 36 heavy (non-hydrogen) atoms. The molecule has 0 radical (unpaired) electrons. The van der Waals surface area contributed by atoms with E-state index >= 15 is 0 Å². The first-order chi connectivity index (χ1) is 17.8. The molecule has 1 aliphatic heterocycles. The number of unbranched alkanes of at least 4 members (excludes halogenated alkanes) is 13. The smallest absolute Gasteiger partial charge is 0.0714 e. The zero-order valence-corrected chi connectivity index (χ0v) is 25.7. The monoisotopic (exact) mass is 537 g/mol. The molecule has 0 spiro atoms. The minimum atomic E-state index is 0.522. The third-order valence-electron chi connectivity index (χ3n) is 8.75. The Hall–Kier alpha value is 0.330. The van der Waals surface area contributed by atoms with Crippen molar-refractivity contribution in [1.29, 1.82) is 0 Å². The molecule has 0 bridgehead atoms. The standard InChI is InChI=1S/C32H59NOS2/c1-3-5-7-9-10-11-12-13-15-17-25-35-29-22-23-30-31(26-29)36-32(33-30)27-18-20-28(21-19-27)34-24-16-14-8-6-4-2/h27-31H,3-26H2,1-2H3. The van der Waals surface area contributed by atoms with Crippen LogP contribution in [0.15, 0.2) is 4.99 Å². The molecule has 0 aromatic carbocycles. The lowest BCUT2D eigenvalue weighted by molar-refractivity contribution is 0.0219. The number of nitrogens with zero attached hydrogens (tertiary/aromatic N) is 1. The van der Waals surface area contributed by atoms with Gasteiger partial charge in [0.2, 0.25) is 0 Å². The molecule has 2 nitrogen and oxygen atoms in total. The van der Waals surface area contributed by atoms with E-state index < -0.39 is 0 Å². The summed E-state index contributed by atoms with van der Waals surface area (Å²) in [6.07, 6.45) is 30.9. The summed E-state index contributed by atoms with van der Waals surface area (Å²) >= 11 is 4.48. The highest BCUT2D eigenvalue weighted by Gasteiger charge is 2.39. The first kappa shape index (κ1) is 30.9. The van der Waals surface area contributed by atoms with Gasteiger partial charge in [0.15, 0.2) is 0 Å². The van der Waals surface area contributed by atoms with Crippen LogP contribution in [0.2, 0.25) is 0 Å². The first-order valence-corrected chi connectivity index (χ1v) is 18.2. The van der Waals surface area contributed by atoms with E-state index in [1.807, 2.05) is 0 Å². The Morgan fingerprint density at radius 1 is 0.722 bits per heavy atom. The van der Waals surface area contributed by atoms with Crippen LogP contribution in [0.4, 0.5) is 0 Å². The number of hydrogen-bond acceptors (Lipinski definition) is 4. The normalized spacial score (nSPS) is 28.3. The molecule has 2 fully saturated rings. The molecule has 3 atom stereocenters. The van der Waals surface area contributed by atoms with Gasteiger partial charge in [0, 0.05) is 23.0 Å². The zero-order valence-electron chi connectivity index (χ0n) is 24.0. The number of thioether (sulfide) groups is 2. The molecule has 0 amide bonds. The minimum absolute atomic E-state index is 0.522. The van der Waals surface area contributed by atoms with E-state index in [9.17, 15) is 0 Å². The summed E-state index contributed by atoms with van der Waals surface area (Å²) in [6, 6.07) is 0.635. The first-order valence-electron chi connectivity index (χ1n) is 16.3. The number of ether oxygens (including phenoxy) is 1. The molecular weight excluding hydrogens is 478 g/mol. The Labute approximate surface area is 233 Å². The lowest BCUT2D eigenvalue weighted by Gasteiger charge is -2.30. The van der Waals surface area contributed by atoms with Crippen molar-refractivity contribution in [3.8, 4) is 0 Å². The van der Waals surface area contributed by atoms with Gasteiger partial charge in [-0.25, -0.2) is 0 Å². The van der Waals surface area contributed by atoms with Gasteiger partial charge in [-0.05, 0) is 63.5 Å². The van der Waals surface area contributed by atoms with E-state index in [0.717, 1.165) is 23.0 Å². The quantitative estimate of drug-likeness (QED) is 0.144. The summed E-state index contributed by atoms with van der Waals surface area (Å²) in [6.45, 7) is 5.58. The lowest BCUT2D eigenvalue weighted by atomic mass is 9.87. The summed E-state index contributed by atoms with van der Waals surface area (Å²) in [5.74, 6) is 2.13. The van der Waals surface area contributed by atoms with Crippen LogP contribution in [0.25, 0.3) is 0 Å². The van der Waals surface area contributed by atoms with Crippen LogP contribution in [0.1, 0.15) is 155 Å². The van der Waals surface area contributed by atoms with E-state index in [1.165, 1.54) is 152 Å². The van der Waals surface area contributed by atoms with Crippen LogP contribution < -0.4 is 0 Å². The van der Waals surface area contributed by atoms with E-state index in [2.05, 4.69) is 37.4 Å². The van der Waals surface area contributed by atoms with Gasteiger partial charge in [-0.15, -0.1) is 11.8 Å². The van der Waals surface area contributed by atoms with Crippen molar-refractivity contribution >= 4 is 28.6 Å². The van der Waals surface area contributed by atoms with Crippen molar-refractivity contribution in [3.05, 3.63) is 0 Å². The van der Waals surface area contributed by atoms with E-state index in [4.69, 9.17) is 9.73 Å². The largest absolute Gasteiger partial charge is 0.378 e. The van der Waals surface area contributed by atoms with Gasteiger partial charge in [0.25, 0.3) is 0 Å². The van der Waals surface area contributed by atoms with Gasteiger partial charge in [-0.3, -0.25) is 4.99 Å². The molecule has 3 aliphatic rings. The molecule has 3 unspecified atom stereocenters. The average molecular weight is 538 g/mol. The molecule has 0 saturated heterocycles. The molecule has 4 heteroatoms. The van der Waals surface area contributed by atoms with Crippen molar-refractivity contribution < 1.29 is 4.74 Å². The predicted molar refractivity (Wildman–Crippen MR) is 165 cm³/mol.